The second kappa shape index (κ2) is 8.80. The van der Waals surface area contributed by atoms with E-state index in [0.29, 0.717) is 34.6 Å². The number of hydrogen-bond donors (Lipinski definition) is 1. The number of ether oxygens (including phenoxy) is 2. The van der Waals surface area contributed by atoms with E-state index in [2.05, 4.69) is 4.98 Å². The molecule has 7 heteroatoms. The van der Waals surface area contributed by atoms with E-state index in [9.17, 15) is 13.5 Å². The molecular formula is C26H27NO5S. The van der Waals surface area contributed by atoms with E-state index in [-0.39, 0.29) is 5.25 Å². The summed E-state index contributed by atoms with van der Waals surface area (Å²) in [4.78, 5) is 4.87. The number of methoxy groups -OCH3 is 1. The Morgan fingerprint density at radius 1 is 1.00 bits per heavy atom. The molecule has 0 radical (unpaired) electrons. The molecule has 2 aliphatic carbocycles. The molecule has 0 spiro atoms. The predicted octanol–water partition coefficient (Wildman–Crippen LogP) is 4.56. The lowest BCUT2D eigenvalue weighted by Crippen LogP contribution is -2.09. The number of hydrogen-bond acceptors (Lipinski definition) is 6. The van der Waals surface area contributed by atoms with Gasteiger partial charge in [0.05, 0.1) is 22.9 Å². The highest BCUT2D eigenvalue weighted by atomic mass is 32.2. The van der Waals surface area contributed by atoms with Crippen molar-refractivity contribution in [2.75, 3.05) is 7.11 Å². The molecule has 6 nitrogen and oxygen atoms in total. The van der Waals surface area contributed by atoms with Crippen LogP contribution in [0.25, 0.3) is 0 Å². The molecule has 1 atom stereocenters. The van der Waals surface area contributed by atoms with Gasteiger partial charge in [0, 0.05) is 6.07 Å². The molecule has 1 aromatic heterocycles. The lowest BCUT2D eigenvalue weighted by molar-refractivity contribution is 0.211. The molecule has 1 heterocycles. The van der Waals surface area contributed by atoms with Crippen molar-refractivity contribution in [1.29, 1.82) is 0 Å². The Labute approximate surface area is 194 Å². The monoisotopic (exact) mass is 465 g/mol. The topological polar surface area (TPSA) is 85.7 Å². The largest absolute Gasteiger partial charge is 0.497 e. The lowest BCUT2D eigenvalue weighted by Gasteiger charge is -2.15. The van der Waals surface area contributed by atoms with Crippen LogP contribution in [0, 0.1) is 0 Å². The van der Waals surface area contributed by atoms with E-state index in [1.165, 1.54) is 0 Å². The molecule has 2 aromatic carbocycles. The number of aromatic nitrogens is 1. The van der Waals surface area contributed by atoms with Crippen LogP contribution in [-0.4, -0.2) is 30.9 Å². The zero-order valence-electron chi connectivity index (χ0n) is 18.5. The maximum Gasteiger partial charge on any atom is 0.214 e. The fourth-order valence-corrected chi connectivity index (χ4v) is 5.53. The minimum atomic E-state index is -3.25. The molecule has 5 rings (SSSR count). The van der Waals surface area contributed by atoms with Gasteiger partial charge in [-0.25, -0.2) is 13.4 Å². The highest BCUT2D eigenvalue weighted by Crippen LogP contribution is 2.42. The average molecular weight is 466 g/mol. The number of pyridine rings is 1. The highest BCUT2D eigenvalue weighted by molar-refractivity contribution is 7.92. The van der Waals surface area contributed by atoms with Gasteiger partial charge >= 0.3 is 0 Å². The first-order chi connectivity index (χ1) is 15.9. The normalized spacial score (nSPS) is 16.9. The standard InChI is InChI=1S/C26H27NO5S/c1-31-21-8-2-17(3-9-21)16-32-25-15-20(18-4-5-18)14-24(27-25)26(28)19-6-10-22(11-7-19)33(29,30)23-12-13-23/h2-3,6-11,14-15,18,23,26,28H,4-5,12-13,16H2,1H3. The van der Waals surface area contributed by atoms with E-state index >= 15 is 0 Å². The maximum atomic E-state index is 12.4. The number of rotatable bonds is 9. The van der Waals surface area contributed by atoms with Crippen molar-refractivity contribution in [2.24, 2.45) is 0 Å². The van der Waals surface area contributed by atoms with Crippen LogP contribution in [0.5, 0.6) is 11.6 Å². The summed E-state index contributed by atoms with van der Waals surface area (Å²) in [5, 5.41) is 10.8. The Kier molecular flexibility index (Phi) is 5.85. The predicted molar refractivity (Wildman–Crippen MR) is 124 cm³/mol. The fourth-order valence-electron chi connectivity index (χ4n) is 3.87. The summed E-state index contributed by atoms with van der Waals surface area (Å²) < 4.78 is 36.0. The van der Waals surface area contributed by atoms with E-state index in [0.717, 1.165) is 42.6 Å². The molecule has 2 aliphatic rings. The van der Waals surface area contributed by atoms with Gasteiger partial charge in [0.2, 0.25) is 5.88 Å². The van der Waals surface area contributed by atoms with Crippen molar-refractivity contribution in [2.45, 2.75) is 54.5 Å². The van der Waals surface area contributed by atoms with Crippen molar-refractivity contribution in [3.8, 4) is 11.6 Å². The first kappa shape index (κ1) is 21.9. The molecule has 0 amide bonds. The molecular weight excluding hydrogens is 438 g/mol. The second-order valence-electron chi connectivity index (χ2n) is 8.79. The number of benzene rings is 2. The fraction of sp³-hybridized carbons (Fsp3) is 0.346. The summed E-state index contributed by atoms with van der Waals surface area (Å²) in [6.07, 6.45) is 2.72. The summed E-state index contributed by atoms with van der Waals surface area (Å²) in [5.74, 6) is 1.72. The molecule has 2 fully saturated rings. The van der Waals surface area contributed by atoms with Gasteiger partial charge in [0.15, 0.2) is 9.84 Å². The number of aliphatic hydroxyl groups is 1. The van der Waals surface area contributed by atoms with Gasteiger partial charge in [0.1, 0.15) is 18.5 Å². The van der Waals surface area contributed by atoms with Crippen molar-refractivity contribution in [1.82, 2.24) is 4.98 Å². The molecule has 0 saturated heterocycles. The Morgan fingerprint density at radius 3 is 2.30 bits per heavy atom. The van der Waals surface area contributed by atoms with E-state index < -0.39 is 15.9 Å². The molecule has 1 N–H and O–H groups in total. The second-order valence-corrected chi connectivity index (χ2v) is 11.0. The van der Waals surface area contributed by atoms with Crippen molar-refractivity contribution >= 4 is 9.84 Å². The van der Waals surface area contributed by atoms with Crippen LogP contribution in [0.15, 0.2) is 65.6 Å². The Morgan fingerprint density at radius 2 is 1.70 bits per heavy atom. The molecule has 33 heavy (non-hydrogen) atoms. The summed E-state index contributed by atoms with van der Waals surface area (Å²) in [6, 6.07) is 18.0. The molecule has 0 bridgehead atoms. The SMILES string of the molecule is COc1ccc(COc2cc(C3CC3)cc(C(O)c3ccc(S(=O)(=O)C4CC4)cc3)n2)cc1. The van der Waals surface area contributed by atoms with Gasteiger partial charge in [0.25, 0.3) is 0 Å². The van der Waals surface area contributed by atoms with Crippen LogP contribution < -0.4 is 9.47 Å². The average Bonchev–Trinajstić information content (AvgIpc) is 3.74. The summed E-state index contributed by atoms with van der Waals surface area (Å²) in [6.45, 7) is 0.356. The third-order valence-electron chi connectivity index (χ3n) is 6.21. The van der Waals surface area contributed by atoms with Gasteiger partial charge in [-0.3, -0.25) is 0 Å². The molecule has 172 valence electrons. The Balaban J connectivity index is 1.36. The zero-order chi connectivity index (χ0) is 23.0. The Hall–Kier alpha value is -2.90. The lowest BCUT2D eigenvalue weighted by atomic mass is 10.0. The minimum Gasteiger partial charge on any atom is -0.497 e. The van der Waals surface area contributed by atoms with Crippen molar-refractivity contribution in [3.05, 3.63) is 83.0 Å². The minimum absolute atomic E-state index is 0.254. The smallest absolute Gasteiger partial charge is 0.214 e. The van der Waals surface area contributed by atoms with Crippen LogP contribution >= 0.6 is 0 Å². The van der Waals surface area contributed by atoms with Crippen LogP contribution in [0.3, 0.4) is 0 Å². The summed E-state index contributed by atoms with van der Waals surface area (Å²) in [5.41, 5.74) is 3.20. The third-order valence-corrected chi connectivity index (χ3v) is 8.48. The quantitative estimate of drug-likeness (QED) is 0.498. The van der Waals surface area contributed by atoms with Gasteiger partial charge in [-0.2, -0.15) is 0 Å². The molecule has 3 aromatic rings. The van der Waals surface area contributed by atoms with Gasteiger partial charge in [-0.05, 0) is 78.6 Å². The first-order valence-electron chi connectivity index (χ1n) is 11.2. The number of aliphatic hydroxyl groups excluding tert-OH is 1. The van der Waals surface area contributed by atoms with Crippen LogP contribution in [0.1, 0.15) is 60.1 Å². The van der Waals surface area contributed by atoms with Crippen LogP contribution in [0.2, 0.25) is 0 Å². The Bertz CT molecular complexity index is 1230. The maximum absolute atomic E-state index is 12.4. The first-order valence-corrected chi connectivity index (χ1v) is 12.8. The molecule has 2 saturated carbocycles. The van der Waals surface area contributed by atoms with Gasteiger partial charge in [-0.15, -0.1) is 0 Å². The van der Waals surface area contributed by atoms with E-state index in [4.69, 9.17) is 9.47 Å². The van der Waals surface area contributed by atoms with Gasteiger partial charge < -0.3 is 14.6 Å². The van der Waals surface area contributed by atoms with E-state index in [1.807, 2.05) is 36.4 Å². The van der Waals surface area contributed by atoms with Crippen LogP contribution in [0.4, 0.5) is 0 Å². The van der Waals surface area contributed by atoms with E-state index in [1.54, 1.807) is 31.4 Å². The van der Waals surface area contributed by atoms with Gasteiger partial charge in [-0.1, -0.05) is 24.3 Å². The highest BCUT2D eigenvalue weighted by Gasteiger charge is 2.36. The number of sulfone groups is 1. The van der Waals surface area contributed by atoms with Crippen molar-refractivity contribution < 1.29 is 23.0 Å². The molecule has 0 aliphatic heterocycles. The summed E-state index contributed by atoms with van der Waals surface area (Å²) in [7, 11) is -1.62. The zero-order valence-corrected chi connectivity index (χ0v) is 19.3. The number of nitrogens with zero attached hydrogens (tertiary/aromatic N) is 1. The van der Waals surface area contributed by atoms with Crippen LogP contribution in [-0.2, 0) is 16.4 Å². The molecule has 1 unspecified atom stereocenters. The summed E-state index contributed by atoms with van der Waals surface area (Å²) >= 11 is 0. The third kappa shape index (κ3) is 4.89. The van der Waals surface area contributed by atoms with Crippen molar-refractivity contribution in [3.63, 3.8) is 0 Å².